The van der Waals surface area contributed by atoms with Crippen LogP contribution in [0.15, 0.2) is 35.7 Å². The van der Waals surface area contributed by atoms with Gasteiger partial charge in [0.1, 0.15) is 0 Å². The van der Waals surface area contributed by atoms with E-state index in [1.54, 1.807) is 0 Å². The van der Waals surface area contributed by atoms with Crippen molar-refractivity contribution in [2.45, 2.75) is 19.8 Å². The largest absolute Gasteiger partial charge is 0.469 e. The number of aryl methyl sites for hydroxylation is 1. The number of piperidine rings is 1. The molecule has 2 aromatic rings. The van der Waals surface area contributed by atoms with Crippen LogP contribution in [0, 0.1) is 12.8 Å². The molecule has 0 N–H and O–H groups in total. The molecule has 2 heterocycles. The molecule has 1 aliphatic rings. The fourth-order valence-electron chi connectivity index (χ4n) is 3.06. The number of likely N-dealkylation sites (tertiary alicyclic amines) is 1. The lowest BCUT2D eigenvalue weighted by Crippen LogP contribution is -2.40. The third kappa shape index (κ3) is 3.36. The average molecular weight is 343 g/mol. The predicted octanol–water partition coefficient (Wildman–Crippen LogP) is 3.75. The van der Waals surface area contributed by atoms with Crippen LogP contribution in [-0.2, 0) is 9.53 Å². The highest BCUT2D eigenvalue weighted by Gasteiger charge is 2.29. The Morgan fingerprint density at radius 3 is 2.42 bits per heavy atom. The number of benzene rings is 1. The zero-order chi connectivity index (χ0) is 17.1. The average Bonchev–Trinajstić information content (AvgIpc) is 3.11. The van der Waals surface area contributed by atoms with Crippen molar-refractivity contribution in [2.24, 2.45) is 5.92 Å². The zero-order valence-electron chi connectivity index (χ0n) is 14.0. The Bertz CT molecular complexity index is 727. The Morgan fingerprint density at radius 2 is 1.79 bits per heavy atom. The summed E-state index contributed by atoms with van der Waals surface area (Å²) in [5.74, 6) is -0.193. The van der Waals surface area contributed by atoms with Gasteiger partial charge in [0.25, 0.3) is 5.91 Å². The van der Waals surface area contributed by atoms with E-state index >= 15 is 0 Å². The number of hydrogen-bond acceptors (Lipinski definition) is 4. The van der Waals surface area contributed by atoms with E-state index in [0.29, 0.717) is 25.9 Å². The van der Waals surface area contributed by atoms with Gasteiger partial charge in [-0.2, -0.15) is 0 Å². The summed E-state index contributed by atoms with van der Waals surface area (Å²) in [6.07, 6.45) is 1.34. The standard InChI is InChI=1S/C19H21NO3S/c1-13-3-5-14(6-4-13)16-9-12-24-17(16)18(21)20-10-7-15(8-11-20)19(22)23-2/h3-6,9,12,15H,7-8,10-11H2,1-2H3. The number of carbonyl (C=O) groups is 2. The van der Waals surface area contributed by atoms with Gasteiger partial charge in [0.2, 0.25) is 0 Å². The number of ether oxygens (including phenoxy) is 1. The van der Waals surface area contributed by atoms with Gasteiger partial charge in [0.15, 0.2) is 0 Å². The Kier molecular flexibility index (Phi) is 5.00. The highest BCUT2D eigenvalue weighted by molar-refractivity contribution is 7.12. The quantitative estimate of drug-likeness (QED) is 0.798. The maximum absolute atomic E-state index is 12.9. The van der Waals surface area contributed by atoms with E-state index in [2.05, 4.69) is 31.2 Å². The molecule has 1 amide bonds. The number of carbonyl (C=O) groups excluding carboxylic acids is 2. The van der Waals surface area contributed by atoms with Gasteiger partial charge in [0, 0.05) is 18.7 Å². The monoisotopic (exact) mass is 343 g/mol. The van der Waals surface area contributed by atoms with Crippen molar-refractivity contribution >= 4 is 23.2 Å². The van der Waals surface area contributed by atoms with Gasteiger partial charge in [-0.15, -0.1) is 11.3 Å². The fraction of sp³-hybridized carbons (Fsp3) is 0.368. The molecule has 1 aromatic heterocycles. The van der Waals surface area contributed by atoms with Crippen LogP contribution in [-0.4, -0.2) is 37.0 Å². The van der Waals surface area contributed by atoms with Crippen molar-refractivity contribution in [1.82, 2.24) is 4.90 Å². The number of hydrogen-bond donors (Lipinski definition) is 0. The second-order valence-corrected chi connectivity index (χ2v) is 7.04. The van der Waals surface area contributed by atoms with Crippen molar-refractivity contribution in [3.63, 3.8) is 0 Å². The molecule has 0 saturated carbocycles. The van der Waals surface area contributed by atoms with E-state index in [4.69, 9.17) is 4.74 Å². The minimum Gasteiger partial charge on any atom is -0.469 e. The Hall–Kier alpha value is -2.14. The SMILES string of the molecule is COC(=O)C1CCN(C(=O)c2sccc2-c2ccc(C)cc2)CC1. The van der Waals surface area contributed by atoms with Crippen LogP contribution in [0.25, 0.3) is 11.1 Å². The molecule has 4 nitrogen and oxygen atoms in total. The molecular formula is C19H21NO3S. The zero-order valence-corrected chi connectivity index (χ0v) is 14.8. The van der Waals surface area contributed by atoms with Crippen molar-refractivity contribution in [1.29, 1.82) is 0 Å². The summed E-state index contributed by atoms with van der Waals surface area (Å²) >= 11 is 1.48. The van der Waals surface area contributed by atoms with Crippen LogP contribution < -0.4 is 0 Å². The molecule has 126 valence electrons. The summed E-state index contributed by atoms with van der Waals surface area (Å²) in [5.41, 5.74) is 3.25. The lowest BCUT2D eigenvalue weighted by Gasteiger charge is -2.30. The third-order valence-electron chi connectivity index (χ3n) is 4.54. The highest BCUT2D eigenvalue weighted by Crippen LogP contribution is 2.31. The molecule has 0 radical (unpaired) electrons. The van der Waals surface area contributed by atoms with Crippen molar-refractivity contribution < 1.29 is 14.3 Å². The molecule has 24 heavy (non-hydrogen) atoms. The van der Waals surface area contributed by atoms with Crippen LogP contribution in [0.5, 0.6) is 0 Å². The number of rotatable bonds is 3. The second kappa shape index (κ2) is 7.18. The third-order valence-corrected chi connectivity index (χ3v) is 5.44. The van der Waals surface area contributed by atoms with Crippen LogP contribution in [0.1, 0.15) is 28.1 Å². The molecular weight excluding hydrogens is 322 g/mol. The van der Waals surface area contributed by atoms with Crippen LogP contribution >= 0.6 is 11.3 Å². The van der Waals surface area contributed by atoms with Gasteiger partial charge in [-0.3, -0.25) is 9.59 Å². The first-order valence-corrected chi connectivity index (χ1v) is 8.99. The van der Waals surface area contributed by atoms with E-state index in [1.165, 1.54) is 24.0 Å². The summed E-state index contributed by atoms with van der Waals surface area (Å²) in [4.78, 5) is 27.1. The first-order valence-electron chi connectivity index (χ1n) is 8.12. The molecule has 0 atom stereocenters. The lowest BCUT2D eigenvalue weighted by molar-refractivity contribution is -0.146. The minimum absolute atomic E-state index is 0.0592. The number of esters is 1. The van der Waals surface area contributed by atoms with Gasteiger partial charge < -0.3 is 9.64 Å². The van der Waals surface area contributed by atoms with E-state index in [-0.39, 0.29) is 17.8 Å². The topological polar surface area (TPSA) is 46.6 Å². The molecule has 0 spiro atoms. The Balaban J connectivity index is 1.74. The van der Waals surface area contributed by atoms with Gasteiger partial charge in [0.05, 0.1) is 17.9 Å². The first kappa shape index (κ1) is 16.7. The van der Waals surface area contributed by atoms with Crippen molar-refractivity contribution in [2.75, 3.05) is 20.2 Å². The molecule has 0 aliphatic carbocycles. The maximum atomic E-state index is 12.9. The second-order valence-electron chi connectivity index (χ2n) is 6.12. The normalized spacial score (nSPS) is 15.3. The Morgan fingerprint density at radius 1 is 1.12 bits per heavy atom. The molecule has 3 rings (SSSR count). The summed E-state index contributed by atoms with van der Waals surface area (Å²) in [7, 11) is 1.42. The van der Waals surface area contributed by atoms with Crippen LogP contribution in [0.2, 0.25) is 0 Å². The van der Waals surface area contributed by atoms with Gasteiger partial charge in [-0.25, -0.2) is 0 Å². The minimum atomic E-state index is -0.168. The summed E-state index contributed by atoms with van der Waals surface area (Å²) in [6.45, 7) is 3.25. The van der Waals surface area contributed by atoms with E-state index < -0.39 is 0 Å². The number of methoxy groups -OCH3 is 1. The van der Waals surface area contributed by atoms with Gasteiger partial charge in [-0.05, 0) is 36.8 Å². The maximum Gasteiger partial charge on any atom is 0.308 e. The lowest BCUT2D eigenvalue weighted by atomic mass is 9.96. The molecule has 1 aliphatic heterocycles. The van der Waals surface area contributed by atoms with E-state index in [1.807, 2.05) is 16.3 Å². The number of amides is 1. The summed E-state index contributed by atoms with van der Waals surface area (Å²) in [6, 6.07) is 10.2. The Labute approximate surface area is 146 Å². The fourth-order valence-corrected chi connectivity index (χ4v) is 3.95. The van der Waals surface area contributed by atoms with Crippen LogP contribution in [0.4, 0.5) is 0 Å². The first-order chi connectivity index (χ1) is 11.6. The molecule has 1 fully saturated rings. The molecule has 0 unspecified atom stereocenters. The van der Waals surface area contributed by atoms with Gasteiger partial charge >= 0.3 is 5.97 Å². The smallest absolute Gasteiger partial charge is 0.308 e. The summed E-state index contributed by atoms with van der Waals surface area (Å²) in [5, 5.41) is 1.96. The van der Waals surface area contributed by atoms with Crippen molar-refractivity contribution in [3.05, 3.63) is 46.2 Å². The van der Waals surface area contributed by atoms with E-state index in [0.717, 1.165) is 16.0 Å². The molecule has 1 aromatic carbocycles. The molecule has 1 saturated heterocycles. The predicted molar refractivity (Wildman–Crippen MR) is 95.1 cm³/mol. The summed E-state index contributed by atoms with van der Waals surface area (Å²) < 4.78 is 4.80. The van der Waals surface area contributed by atoms with Crippen molar-refractivity contribution in [3.8, 4) is 11.1 Å². The molecule has 5 heteroatoms. The van der Waals surface area contributed by atoms with Gasteiger partial charge in [-0.1, -0.05) is 29.8 Å². The van der Waals surface area contributed by atoms with E-state index in [9.17, 15) is 9.59 Å². The number of thiophene rings is 1. The van der Waals surface area contributed by atoms with Crippen LogP contribution in [0.3, 0.4) is 0 Å². The number of nitrogens with zero attached hydrogens (tertiary/aromatic N) is 1. The highest BCUT2D eigenvalue weighted by atomic mass is 32.1. The molecule has 0 bridgehead atoms.